The summed E-state index contributed by atoms with van der Waals surface area (Å²) in [5.74, 6) is -1.46. The van der Waals surface area contributed by atoms with Gasteiger partial charge < -0.3 is 24.1 Å². The average Bonchev–Trinajstić information content (AvgIpc) is 3.58. The molecule has 5 rings (SSSR count). The summed E-state index contributed by atoms with van der Waals surface area (Å²) in [5.41, 5.74) is 1.91. The SMILES string of the molecule is CCCOc1cccc(/C(O)=C2\C(=O)C(=O)N(c3nc(C)c(C(=O)OCC)s3)C2c2ccc(OCc3ccccc3)c(OC)c2)c1. The molecule has 238 valence electrons. The zero-order chi connectivity index (χ0) is 32.8. The lowest BCUT2D eigenvalue weighted by Gasteiger charge is -2.24. The monoisotopic (exact) mass is 642 g/mol. The van der Waals surface area contributed by atoms with Gasteiger partial charge in [-0.15, -0.1) is 0 Å². The Morgan fingerprint density at radius 2 is 1.76 bits per heavy atom. The Bertz CT molecular complexity index is 1780. The summed E-state index contributed by atoms with van der Waals surface area (Å²) in [4.78, 5) is 46.0. The van der Waals surface area contributed by atoms with Gasteiger partial charge in [0.05, 0.1) is 37.6 Å². The molecule has 46 heavy (non-hydrogen) atoms. The first kappa shape index (κ1) is 32.2. The molecule has 1 fully saturated rings. The second kappa shape index (κ2) is 14.3. The zero-order valence-electron chi connectivity index (χ0n) is 25.9. The molecule has 1 aromatic heterocycles. The maximum absolute atomic E-state index is 13.7. The van der Waals surface area contributed by atoms with Crippen molar-refractivity contribution in [2.75, 3.05) is 25.2 Å². The molecule has 4 aromatic rings. The van der Waals surface area contributed by atoms with Crippen LogP contribution in [0.15, 0.2) is 78.4 Å². The number of ketones is 1. The van der Waals surface area contributed by atoms with Gasteiger partial charge in [-0.05, 0) is 55.7 Å². The van der Waals surface area contributed by atoms with Gasteiger partial charge in [0.25, 0.3) is 5.78 Å². The van der Waals surface area contributed by atoms with Crippen LogP contribution in [0, 0.1) is 6.92 Å². The van der Waals surface area contributed by atoms with Gasteiger partial charge in [-0.3, -0.25) is 14.5 Å². The number of aryl methyl sites for hydroxylation is 1. The standard InChI is InChI=1S/C35H34N2O8S/c1-5-17-44-25-14-10-13-24(18-25)30(38)28-29(23-15-16-26(27(19-23)42-4)45-20-22-11-8-7-9-12-22)37(33(40)31(28)39)35-36-21(3)32(46-35)34(41)43-6-2/h7-16,18-19,29,38H,5-6,17,20H2,1-4H3/b30-28+. The van der Waals surface area contributed by atoms with E-state index in [0.29, 0.717) is 47.3 Å². The fourth-order valence-electron chi connectivity index (χ4n) is 5.03. The summed E-state index contributed by atoms with van der Waals surface area (Å²) in [6, 6.07) is 20.3. The van der Waals surface area contributed by atoms with Crippen LogP contribution in [-0.4, -0.2) is 48.1 Å². The number of aliphatic hydroxyl groups excluding tert-OH is 1. The number of Topliss-reactive ketones (excluding diaryl/α,β-unsaturated/α-hetero) is 1. The molecule has 1 atom stereocenters. The minimum absolute atomic E-state index is 0.107. The molecule has 1 unspecified atom stereocenters. The lowest BCUT2D eigenvalue weighted by Crippen LogP contribution is -2.29. The van der Waals surface area contributed by atoms with Crippen molar-refractivity contribution in [2.24, 2.45) is 0 Å². The van der Waals surface area contributed by atoms with Crippen LogP contribution in [0.1, 0.15) is 58.4 Å². The van der Waals surface area contributed by atoms with Gasteiger partial charge in [-0.2, -0.15) is 0 Å². The number of ether oxygens (including phenoxy) is 4. The molecule has 1 saturated heterocycles. The molecule has 2 heterocycles. The number of nitrogens with zero attached hydrogens (tertiary/aromatic N) is 2. The molecule has 10 nitrogen and oxygen atoms in total. The number of hydrogen-bond acceptors (Lipinski definition) is 10. The van der Waals surface area contributed by atoms with Crippen molar-refractivity contribution < 1.29 is 38.4 Å². The lowest BCUT2D eigenvalue weighted by molar-refractivity contribution is -0.132. The highest BCUT2D eigenvalue weighted by Crippen LogP contribution is 2.45. The Balaban J connectivity index is 1.63. The molecule has 11 heteroatoms. The van der Waals surface area contributed by atoms with E-state index in [-0.39, 0.29) is 27.9 Å². The third-order valence-corrected chi connectivity index (χ3v) is 8.35. The van der Waals surface area contributed by atoms with Crippen molar-refractivity contribution >= 4 is 39.9 Å². The average molecular weight is 643 g/mol. The third kappa shape index (κ3) is 6.59. The number of methoxy groups -OCH3 is 1. The number of esters is 1. The maximum Gasteiger partial charge on any atom is 0.350 e. The molecular formula is C35H34N2O8S. The van der Waals surface area contributed by atoms with Gasteiger partial charge in [0, 0.05) is 5.56 Å². The van der Waals surface area contributed by atoms with Gasteiger partial charge in [-0.25, -0.2) is 9.78 Å². The lowest BCUT2D eigenvalue weighted by atomic mass is 9.95. The molecule has 1 N–H and O–H groups in total. The van der Waals surface area contributed by atoms with Crippen LogP contribution in [-0.2, 0) is 20.9 Å². The molecule has 3 aromatic carbocycles. The van der Waals surface area contributed by atoms with Crippen molar-refractivity contribution in [3.8, 4) is 17.2 Å². The van der Waals surface area contributed by atoms with Gasteiger partial charge in [0.2, 0.25) is 0 Å². The number of aromatic nitrogens is 1. The first-order valence-corrected chi connectivity index (χ1v) is 15.6. The molecule has 0 radical (unpaired) electrons. The number of rotatable bonds is 12. The Kier molecular flexibility index (Phi) is 10.0. The summed E-state index contributed by atoms with van der Waals surface area (Å²) < 4.78 is 22.6. The zero-order valence-corrected chi connectivity index (χ0v) is 26.8. The largest absolute Gasteiger partial charge is 0.507 e. The van der Waals surface area contributed by atoms with E-state index in [9.17, 15) is 19.5 Å². The highest BCUT2D eigenvalue weighted by molar-refractivity contribution is 7.17. The second-order valence-corrected chi connectivity index (χ2v) is 11.3. The molecule has 0 aliphatic carbocycles. The van der Waals surface area contributed by atoms with Gasteiger partial charge in [-0.1, -0.05) is 66.8 Å². The Morgan fingerprint density at radius 1 is 0.978 bits per heavy atom. The summed E-state index contributed by atoms with van der Waals surface area (Å²) in [6.07, 6.45) is 0.787. The van der Waals surface area contributed by atoms with E-state index in [1.54, 1.807) is 56.3 Å². The normalized spacial score (nSPS) is 15.6. The molecule has 1 aliphatic rings. The van der Waals surface area contributed by atoms with Gasteiger partial charge in [0.1, 0.15) is 23.0 Å². The number of amides is 1. The molecule has 1 aliphatic heterocycles. The number of carbonyl (C=O) groups excluding carboxylic acids is 3. The van der Waals surface area contributed by atoms with Crippen LogP contribution in [0.4, 0.5) is 5.13 Å². The Morgan fingerprint density at radius 3 is 2.48 bits per heavy atom. The first-order chi connectivity index (χ1) is 22.3. The summed E-state index contributed by atoms with van der Waals surface area (Å²) in [6.45, 7) is 6.22. The Hall–Kier alpha value is -5.16. The van der Waals surface area contributed by atoms with E-state index in [4.69, 9.17) is 18.9 Å². The highest BCUT2D eigenvalue weighted by Gasteiger charge is 2.48. The minimum Gasteiger partial charge on any atom is -0.507 e. The van der Waals surface area contributed by atoms with Crippen molar-refractivity contribution in [3.05, 3.63) is 106 Å². The number of carbonyl (C=O) groups is 3. The van der Waals surface area contributed by atoms with Gasteiger partial charge in [0.15, 0.2) is 16.6 Å². The van der Waals surface area contributed by atoms with Crippen LogP contribution >= 0.6 is 11.3 Å². The topological polar surface area (TPSA) is 124 Å². The Labute approximate surface area is 270 Å². The first-order valence-electron chi connectivity index (χ1n) is 14.8. The predicted octanol–water partition coefficient (Wildman–Crippen LogP) is 6.63. The van der Waals surface area contributed by atoms with E-state index >= 15 is 0 Å². The number of aliphatic hydroxyl groups is 1. The minimum atomic E-state index is -1.11. The summed E-state index contributed by atoms with van der Waals surface area (Å²) in [5, 5.41) is 11.7. The van der Waals surface area contributed by atoms with E-state index in [2.05, 4.69) is 4.98 Å². The number of thiazole rings is 1. The highest BCUT2D eigenvalue weighted by atomic mass is 32.1. The van der Waals surface area contributed by atoms with Gasteiger partial charge >= 0.3 is 11.9 Å². The van der Waals surface area contributed by atoms with Crippen molar-refractivity contribution in [1.82, 2.24) is 4.98 Å². The number of benzene rings is 3. The molecule has 1 amide bonds. The second-order valence-electron chi connectivity index (χ2n) is 10.4. The van der Waals surface area contributed by atoms with E-state index in [1.807, 2.05) is 37.3 Å². The van der Waals surface area contributed by atoms with Crippen molar-refractivity contribution in [1.29, 1.82) is 0 Å². The third-order valence-electron chi connectivity index (χ3n) is 7.22. The van der Waals surface area contributed by atoms with Crippen LogP contribution in [0.3, 0.4) is 0 Å². The fraction of sp³-hybridized carbons (Fsp3) is 0.257. The molecular weight excluding hydrogens is 608 g/mol. The van der Waals surface area contributed by atoms with E-state index < -0.39 is 23.7 Å². The predicted molar refractivity (Wildman–Crippen MR) is 174 cm³/mol. The molecule has 0 bridgehead atoms. The van der Waals surface area contributed by atoms with Crippen LogP contribution in [0.2, 0.25) is 0 Å². The van der Waals surface area contributed by atoms with Crippen LogP contribution in [0.25, 0.3) is 5.76 Å². The molecule has 0 saturated carbocycles. The maximum atomic E-state index is 13.7. The number of hydrogen-bond donors (Lipinski definition) is 1. The molecule has 0 spiro atoms. The van der Waals surface area contributed by atoms with Crippen molar-refractivity contribution in [3.63, 3.8) is 0 Å². The summed E-state index contributed by atoms with van der Waals surface area (Å²) >= 11 is 0.936. The number of anilines is 1. The van der Waals surface area contributed by atoms with Crippen LogP contribution < -0.4 is 19.1 Å². The van der Waals surface area contributed by atoms with E-state index in [0.717, 1.165) is 23.3 Å². The quantitative estimate of drug-likeness (QED) is 0.0785. The van der Waals surface area contributed by atoms with Crippen LogP contribution in [0.5, 0.6) is 17.2 Å². The fourth-order valence-corrected chi connectivity index (χ4v) is 6.02. The smallest absolute Gasteiger partial charge is 0.350 e. The van der Waals surface area contributed by atoms with E-state index in [1.165, 1.54) is 12.0 Å². The summed E-state index contributed by atoms with van der Waals surface area (Å²) in [7, 11) is 1.49. The van der Waals surface area contributed by atoms with Crippen molar-refractivity contribution in [2.45, 2.75) is 39.8 Å².